The fraction of sp³-hybridized carbons (Fsp3) is 0.250. The van der Waals surface area contributed by atoms with Crippen molar-refractivity contribution < 1.29 is 0 Å². The monoisotopic (exact) mass is 155 g/mol. The van der Waals surface area contributed by atoms with Gasteiger partial charge < -0.3 is 17.6 Å². The van der Waals surface area contributed by atoms with E-state index in [1.807, 2.05) is 26.0 Å². The van der Waals surface area contributed by atoms with E-state index in [0.717, 1.165) is 0 Å². The Balaban J connectivity index is 0. The largest absolute Gasteiger partial charge is 0.397 e. The van der Waals surface area contributed by atoms with Gasteiger partial charge in [-0.15, -0.1) is 0 Å². The lowest BCUT2D eigenvalue weighted by molar-refractivity contribution is 1.50. The maximum atomic E-state index is 5.39. The molecule has 0 spiro atoms. The van der Waals surface area contributed by atoms with Crippen LogP contribution in [0.4, 0.5) is 11.4 Å². The molecule has 0 radical (unpaired) electrons. The van der Waals surface area contributed by atoms with Crippen LogP contribution in [0.2, 0.25) is 0 Å². The first-order chi connectivity index (χ1) is 4.80. The minimum atomic E-state index is 0. The van der Waals surface area contributed by atoms with Gasteiger partial charge in [0.05, 0.1) is 11.4 Å². The quantitative estimate of drug-likeness (QED) is 0.501. The molecule has 0 heterocycles. The fourth-order valence-electron chi connectivity index (χ4n) is 0.511. The van der Waals surface area contributed by atoms with Gasteiger partial charge in [0.2, 0.25) is 0 Å². The van der Waals surface area contributed by atoms with Gasteiger partial charge >= 0.3 is 0 Å². The molecule has 0 aliphatic heterocycles. The van der Waals surface area contributed by atoms with Crippen LogP contribution in [0.25, 0.3) is 0 Å². The molecule has 64 valence electrons. The van der Waals surface area contributed by atoms with E-state index < -0.39 is 0 Å². The van der Waals surface area contributed by atoms with Crippen LogP contribution < -0.4 is 17.6 Å². The van der Waals surface area contributed by atoms with Gasteiger partial charge in [-0.3, -0.25) is 0 Å². The summed E-state index contributed by atoms with van der Waals surface area (Å²) in [5, 5.41) is 0. The number of anilines is 2. The molecule has 0 bridgehead atoms. The van der Waals surface area contributed by atoms with Crippen LogP contribution in [0.5, 0.6) is 0 Å². The van der Waals surface area contributed by atoms with Crippen LogP contribution in [0, 0.1) is 0 Å². The second kappa shape index (κ2) is 6.89. The first-order valence-corrected chi connectivity index (χ1v) is 3.40. The SMILES string of the molecule is CC.N.Nc1ccccc1N. The highest BCUT2D eigenvalue weighted by atomic mass is 14.7. The standard InChI is InChI=1S/C6H8N2.C2H6.H3N/c7-5-3-1-2-4-6(5)8;1-2;/h1-4H,7-8H2;1-2H3;1H3. The molecular formula is C8H17N3. The number of hydrogen-bond donors (Lipinski definition) is 3. The Hall–Kier alpha value is -1.22. The third-order valence-corrected chi connectivity index (χ3v) is 0.996. The van der Waals surface area contributed by atoms with Gasteiger partial charge in [-0.25, -0.2) is 0 Å². The van der Waals surface area contributed by atoms with Crippen LogP contribution in [0.15, 0.2) is 24.3 Å². The molecule has 3 heteroatoms. The van der Waals surface area contributed by atoms with Crippen molar-refractivity contribution in [3.8, 4) is 0 Å². The third-order valence-electron chi connectivity index (χ3n) is 0.996. The third kappa shape index (κ3) is 4.22. The van der Waals surface area contributed by atoms with E-state index in [1.54, 1.807) is 12.1 Å². The number of nitrogen functional groups attached to an aromatic ring is 2. The molecule has 3 nitrogen and oxygen atoms in total. The summed E-state index contributed by atoms with van der Waals surface area (Å²) in [6.07, 6.45) is 0. The Morgan fingerprint density at radius 1 is 0.909 bits per heavy atom. The first kappa shape index (κ1) is 12.5. The number of para-hydroxylation sites is 2. The van der Waals surface area contributed by atoms with E-state index in [4.69, 9.17) is 11.5 Å². The average molecular weight is 155 g/mol. The minimum absolute atomic E-state index is 0. The van der Waals surface area contributed by atoms with E-state index in [1.165, 1.54) is 0 Å². The lowest BCUT2D eigenvalue weighted by Gasteiger charge is -1.94. The van der Waals surface area contributed by atoms with E-state index >= 15 is 0 Å². The Kier molecular flexibility index (Phi) is 7.81. The summed E-state index contributed by atoms with van der Waals surface area (Å²) in [6.45, 7) is 4.00. The van der Waals surface area contributed by atoms with E-state index in [9.17, 15) is 0 Å². The second-order valence-electron chi connectivity index (χ2n) is 1.63. The molecule has 0 atom stereocenters. The molecule has 11 heavy (non-hydrogen) atoms. The molecule has 0 saturated heterocycles. The Morgan fingerprint density at radius 3 is 1.36 bits per heavy atom. The van der Waals surface area contributed by atoms with E-state index in [-0.39, 0.29) is 6.15 Å². The molecule has 1 aromatic carbocycles. The lowest BCUT2D eigenvalue weighted by Crippen LogP contribution is -1.91. The summed E-state index contributed by atoms with van der Waals surface area (Å²) in [4.78, 5) is 0. The maximum absolute atomic E-state index is 5.39. The highest BCUT2D eigenvalue weighted by molar-refractivity contribution is 5.62. The highest BCUT2D eigenvalue weighted by Gasteiger charge is 1.85. The van der Waals surface area contributed by atoms with Gasteiger partial charge in [0.15, 0.2) is 0 Å². The second-order valence-corrected chi connectivity index (χ2v) is 1.63. The predicted molar refractivity (Wildman–Crippen MR) is 51.6 cm³/mol. The smallest absolute Gasteiger partial charge is 0.0547 e. The predicted octanol–water partition coefficient (Wildman–Crippen LogP) is 2.04. The normalized spacial score (nSPS) is 7.09. The topological polar surface area (TPSA) is 87.0 Å². The van der Waals surface area contributed by atoms with Crippen molar-refractivity contribution in [2.45, 2.75) is 13.8 Å². The molecule has 0 aliphatic carbocycles. The Morgan fingerprint density at radius 2 is 1.18 bits per heavy atom. The van der Waals surface area contributed by atoms with Crippen molar-refractivity contribution in [2.75, 3.05) is 11.5 Å². The summed E-state index contributed by atoms with van der Waals surface area (Å²) in [5.74, 6) is 0. The Labute approximate surface area is 68.0 Å². The van der Waals surface area contributed by atoms with E-state index in [2.05, 4.69) is 0 Å². The molecule has 0 aromatic heterocycles. The highest BCUT2D eigenvalue weighted by Crippen LogP contribution is 2.10. The molecular weight excluding hydrogens is 138 g/mol. The minimum Gasteiger partial charge on any atom is -0.397 e. The molecule has 0 aliphatic rings. The summed E-state index contributed by atoms with van der Waals surface area (Å²) in [7, 11) is 0. The van der Waals surface area contributed by atoms with Gasteiger partial charge in [0.25, 0.3) is 0 Å². The van der Waals surface area contributed by atoms with Crippen molar-refractivity contribution in [1.82, 2.24) is 6.15 Å². The van der Waals surface area contributed by atoms with Gasteiger partial charge in [-0.05, 0) is 12.1 Å². The summed E-state index contributed by atoms with van der Waals surface area (Å²) < 4.78 is 0. The van der Waals surface area contributed by atoms with Crippen molar-refractivity contribution in [3.63, 3.8) is 0 Å². The van der Waals surface area contributed by atoms with Crippen LogP contribution in [-0.4, -0.2) is 0 Å². The zero-order valence-corrected chi connectivity index (χ0v) is 7.17. The zero-order chi connectivity index (χ0) is 7.98. The number of benzene rings is 1. The van der Waals surface area contributed by atoms with E-state index in [0.29, 0.717) is 11.4 Å². The average Bonchev–Trinajstić information content (AvgIpc) is 2.00. The molecule has 1 aromatic rings. The zero-order valence-electron chi connectivity index (χ0n) is 7.17. The maximum Gasteiger partial charge on any atom is 0.0547 e. The summed E-state index contributed by atoms with van der Waals surface area (Å²) in [5.41, 5.74) is 12.1. The molecule has 1 rings (SSSR count). The van der Waals surface area contributed by atoms with Crippen LogP contribution in [0.1, 0.15) is 13.8 Å². The van der Waals surface area contributed by atoms with Gasteiger partial charge in [0, 0.05) is 0 Å². The molecule has 0 fully saturated rings. The molecule has 0 unspecified atom stereocenters. The van der Waals surface area contributed by atoms with Crippen LogP contribution in [-0.2, 0) is 0 Å². The first-order valence-electron chi connectivity index (χ1n) is 3.40. The number of hydrogen-bond acceptors (Lipinski definition) is 3. The number of rotatable bonds is 0. The Bertz CT molecular complexity index is 165. The van der Waals surface area contributed by atoms with Crippen molar-refractivity contribution in [1.29, 1.82) is 0 Å². The fourth-order valence-corrected chi connectivity index (χ4v) is 0.511. The summed E-state index contributed by atoms with van der Waals surface area (Å²) in [6, 6.07) is 7.25. The number of nitrogens with two attached hydrogens (primary N) is 2. The van der Waals surface area contributed by atoms with Crippen LogP contribution in [0.3, 0.4) is 0 Å². The molecule has 0 amide bonds. The van der Waals surface area contributed by atoms with Crippen molar-refractivity contribution in [3.05, 3.63) is 24.3 Å². The lowest BCUT2D eigenvalue weighted by atomic mass is 10.3. The van der Waals surface area contributed by atoms with Crippen LogP contribution >= 0.6 is 0 Å². The van der Waals surface area contributed by atoms with Crippen molar-refractivity contribution in [2.24, 2.45) is 0 Å². The van der Waals surface area contributed by atoms with Gasteiger partial charge in [0.1, 0.15) is 0 Å². The van der Waals surface area contributed by atoms with Crippen molar-refractivity contribution >= 4 is 11.4 Å². The van der Waals surface area contributed by atoms with Gasteiger partial charge in [-0.2, -0.15) is 0 Å². The molecule has 0 saturated carbocycles. The van der Waals surface area contributed by atoms with Gasteiger partial charge in [-0.1, -0.05) is 26.0 Å². The molecule has 7 N–H and O–H groups in total. The summed E-state index contributed by atoms with van der Waals surface area (Å²) >= 11 is 0.